The SMILES string of the molecule is Clc1cc(Cl)cc(-c2ccc3c(c2)-c2c(ccc4ccccc24)C3(c2ccccc2)c2ccccc2)c1. The summed E-state index contributed by atoms with van der Waals surface area (Å²) in [7, 11) is 0. The molecule has 0 radical (unpaired) electrons. The first-order chi connectivity index (χ1) is 18.2. The number of halogens is 2. The van der Waals surface area contributed by atoms with Crippen molar-refractivity contribution >= 4 is 34.0 Å². The predicted octanol–water partition coefficient (Wildman–Crippen LogP) is 10.2. The van der Waals surface area contributed by atoms with E-state index in [4.69, 9.17) is 23.2 Å². The summed E-state index contributed by atoms with van der Waals surface area (Å²) in [5, 5.41) is 3.77. The number of rotatable bonds is 3. The molecule has 0 aromatic heterocycles. The molecule has 7 rings (SSSR count). The lowest BCUT2D eigenvalue weighted by molar-refractivity contribution is 0.769. The molecular weight excluding hydrogens is 491 g/mol. The fourth-order valence-corrected chi connectivity index (χ4v) is 6.69. The third-order valence-corrected chi connectivity index (χ3v) is 8.07. The zero-order valence-electron chi connectivity index (χ0n) is 20.0. The smallest absolute Gasteiger partial charge is 0.0713 e. The molecule has 1 aliphatic rings. The standard InChI is InChI=1S/C35H22Cl2/c36-28-19-25(20-29(37)22-28)24-16-17-32-31(21-24)34-30-14-8-7-9-23(30)15-18-33(34)35(32,26-10-3-1-4-11-26)27-12-5-2-6-13-27/h1-22H. The van der Waals surface area contributed by atoms with E-state index < -0.39 is 5.41 Å². The van der Waals surface area contributed by atoms with E-state index in [0.29, 0.717) is 10.0 Å². The monoisotopic (exact) mass is 512 g/mol. The molecule has 0 saturated carbocycles. The maximum absolute atomic E-state index is 6.40. The van der Waals surface area contributed by atoms with Crippen LogP contribution in [0.3, 0.4) is 0 Å². The van der Waals surface area contributed by atoms with Crippen LogP contribution in [0.5, 0.6) is 0 Å². The highest BCUT2D eigenvalue weighted by Crippen LogP contribution is 2.58. The highest BCUT2D eigenvalue weighted by molar-refractivity contribution is 6.35. The van der Waals surface area contributed by atoms with E-state index in [2.05, 4.69) is 115 Å². The van der Waals surface area contributed by atoms with E-state index in [1.165, 1.54) is 44.2 Å². The van der Waals surface area contributed by atoms with Crippen molar-refractivity contribution in [2.75, 3.05) is 0 Å². The third kappa shape index (κ3) is 3.37. The molecule has 0 atom stereocenters. The first-order valence-corrected chi connectivity index (χ1v) is 13.2. The number of hydrogen-bond donors (Lipinski definition) is 0. The summed E-state index contributed by atoms with van der Waals surface area (Å²) in [6.07, 6.45) is 0. The molecule has 0 spiro atoms. The first-order valence-electron chi connectivity index (χ1n) is 12.4. The zero-order valence-corrected chi connectivity index (χ0v) is 21.5. The molecule has 0 aliphatic heterocycles. The topological polar surface area (TPSA) is 0 Å². The van der Waals surface area contributed by atoms with Crippen molar-refractivity contribution in [3.8, 4) is 22.3 Å². The predicted molar refractivity (Wildman–Crippen MR) is 157 cm³/mol. The van der Waals surface area contributed by atoms with Crippen molar-refractivity contribution in [2.24, 2.45) is 0 Å². The lowest BCUT2D eigenvalue weighted by Crippen LogP contribution is -2.28. The summed E-state index contributed by atoms with van der Waals surface area (Å²) >= 11 is 12.8. The molecule has 0 heterocycles. The van der Waals surface area contributed by atoms with E-state index in [9.17, 15) is 0 Å². The highest BCUT2D eigenvalue weighted by Gasteiger charge is 2.46. The maximum Gasteiger partial charge on any atom is 0.0713 e. The van der Waals surface area contributed by atoms with Gasteiger partial charge in [-0.2, -0.15) is 0 Å². The second-order valence-corrected chi connectivity index (χ2v) is 10.5. The Balaban J connectivity index is 1.64. The zero-order chi connectivity index (χ0) is 25.0. The molecule has 176 valence electrons. The average molecular weight is 513 g/mol. The molecule has 0 nitrogen and oxygen atoms in total. The number of hydrogen-bond acceptors (Lipinski definition) is 0. The van der Waals surface area contributed by atoms with Crippen molar-refractivity contribution in [1.29, 1.82) is 0 Å². The quantitative estimate of drug-likeness (QED) is 0.221. The van der Waals surface area contributed by atoms with Gasteiger partial charge in [-0.15, -0.1) is 0 Å². The normalized spacial score (nSPS) is 13.4. The lowest BCUT2D eigenvalue weighted by atomic mass is 9.67. The molecule has 0 unspecified atom stereocenters. The van der Waals surface area contributed by atoms with Gasteiger partial charge in [0.05, 0.1) is 5.41 Å². The van der Waals surface area contributed by atoms with Gasteiger partial charge in [0.2, 0.25) is 0 Å². The first kappa shape index (κ1) is 22.4. The van der Waals surface area contributed by atoms with E-state index in [0.717, 1.165) is 11.1 Å². The van der Waals surface area contributed by atoms with Crippen LogP contribution in [0.15, 0.2) is 133 Å². The summed E-state index contributed by atoms with van der Waals surface area (Å²) < 4.78 is 0. The van der Waals surface area contributed by atoms with Gasteiger partial charge in [0.15, 0.2) is 0 Å². The molecule has 0 bridgehead atoms. The fourth-order valence-electron chi connectivity index (χ4n) is 6.16. The van der Waals surface area contributed by atoms with Gasteiger partial charge in [0.1, 0.15) is 0 Å². The summed E-state index contributed by atoms with van der Waals surface area (Å²) in [6.45, 7) is 0. The van der Waals surface area contributed by atoms with Crippen molar-refractivity contribution in [3.63, 3.8) is 0 Å². The Bertz CT molecular complexity index is 1730. The second-order valence-electron chi connectivity index (χ2n) is 9.61. The van der Waals surface area contributed by atoms with Gasteiger partial charge in [0.25, 0.3) is 0 Å². The minimum atomic E-state index is -0.429. The van der Waals surface area contributed by atoms with Gasteiger partial charge >= 0.3 is 0 Å². The van der Waals surface area contributed by atoms with Crippen LogP contribution < -0.4 is 0 Å². The van der Waals surface area contributed by atoms with Crippen LogP contribution in [0.4, 0.5) is 0 Å². The lowest BCUT2D eigenvalue weighted by Gasteiger charge is -2.34. The van der Waals surface area contributed by atoms with E-state index >= 15 is 0 Å². The van der Waals surface area contributed by atoms with E-state index in [1.807, 2.05) is 12.1 Å². The minimum Gasteiger partial charge on any atom is -0.0843 e. The average Bonchev–Trinajstić information content (AvgIpc) is 3.24. The molecule has 0 fully saturated rings. The van der Waals surface area contributed by atoms with Crippen LogP contribution in [0.1, 0.15) is 22.3 Å². The Labute approximate surface area is 226 Å². The van der Waals surface area contributed by atoms with Crippen LogP contribution in [0, 0.1) is 0 Å². The van der Waals surface area contributed by atoms with Crippen molar-refractivity contribution in [1.82, 2.24) is 0 Å². The van der Waals surface area contributed by atoms with Crippen LogP contribution in [-0.4, -0.2) is 0 Å². The van der Waals surface area contributed by atoms with Gasteiger partial charge in [0, 0.05) is 10.0 Å². The molecule has 37 heavy (non-hydrogen) atoms. The van der Waals surface area contributed by atoms with Gasteiger partial charge in [-0.25, -0.2) is 0 Å². The van der Waals surface area contributed by atoms with Gasteiger partial charge in [-0.05, 0) is 79.5 Å². The largest absolute Gasteiger partial charge is 0.0843 e. The van der Waals surface area contributed by atoms with Crippen LogP contribution in [0.2, 0.25) is 10.0 Å². The minimum absolute atomic E-state index is 0.429. The summed E-state index contributed by atoms with van der Waals surface area (Å²) in [6, 6.07) is 47.6. The Morgan fingerprint density at radius 1 is 0.459 bits per heavy atom. The van der Waals surface area contributed by atoms with Gasteiger partial charge in [-0.1, -0.05) is 132 Å². The van der Waals surface area contributed by atoms with Gasteiger partial charge < -0.3 is 0 Å². The fraction of sp³-hybridized carbons (Fsp3) is 0.0286. The molecule has 1 aliphatic carbocycles. The molecule has 0 saturated heterocycles. The Kier molecular flexibility index (Phi) is 5.22. The Hall–Kier alpha value is -3.84. The van der Waals surface area contributed by atoms with E-state index in [-0.39, 0.29) is 0 Å². The molecule has 6 aromatic carbocycles. The summed E-state index contributed by atoms with van der Waals surface area (Å²) in [4.78, 5) is 0. The van der Waals surface area contributed by atoms with Crippen LogP contribution in [0.25, 0.3) is 33.0 Å². The molecule has 0 N–H and O–H groups in total. The maximum atomic E-state index is 6.40. The van der Waals surface area contributed by atoms with Crippen LogP contribution >= 0.6 is 23.2 Å². The molecule has 0 amide bonds. The highest BCUT2D eigenvalue weighted by atomic mass is 35.5. The van der Waals surface area contributed by atoms with Crippen LogP contribution in [-0.2, 0) is 5.41 Å². The van der Waals surface area contributed by atoms with Crippen molar-refractivity contribution < 1.29 is 0 Å². The van der Waals surface area contributed by atoms with E-state index in [1.54, 1.807) is 6.07 Å². The second kappa shape index (κ2) is 8.63. The third-order valence-electron chi connectivity index (χ3n) is 7.64. The summed E-state index contributed by atoms with van der Waals surface area (Å²) in [5.74, 6) is 0. The van der Waals surface area contributed by atoms with Gasteiger partial charge in [-0.3, -0.25) is 0 Å². The molecule has 2 heteroatoms. The molecule has 6 aromatic rings. The number of fused-ring (bicyclic) bond motifs is 5. The number of benzene rings is 6. The van der Waals surface area contributed by atoms with Crippen molar-refractivity contribution in [3.05, 3.63) is 166 Å². The molecular formula is C35H22Cl2. The Morgan fingerprint density at radius 3 is 1.73 bits per heavy atom. The Morgan fingerprint density at radius 2 is 1.05 bits per heavy atom. The van der Waals surface area contributed by atoms with Crippen molar-refractivity contribution in [2.45, 2.75) is 5.41 Å². The summed E-state index contributed by atoms with van der Waals surface area (Å²) in [5.41, 5.74) is 9.32.